The molecule has 0 saturated carbocycles. The second-order valence-corrected chi connectivity index (χ2v) is 14.2. The zero-order valence-electron chi connectivity index (χ0n) is 22.0. The van der Waals surface area contributed by atoms with Crippen LogP contribution >= 0.6 is 0 Å². The van der Waals surface area contributed by atoms with E-state index < -0.39 is 25.6 Å². The van der Waals surface area contributed by atoms with E-state index in [-0.39, 0.29) is 22.3 Å². The number of pyridine rings is 4. The van der Waals surface area contributed by atoms with Crippen LogP contribution in [0.3, 0.4) is 0 Å². The van der Waals surface area contributed by atoms with E-state index in [4.69, 9.17) is 9.97 Å². The molecular weight excluding hydrogens is 552 g/mol. The van der Waals surface area contributed by atoms with Gasteiger partial charge in [-0.2, -0.15) is 0 Å². The van der Waals surface area contributed by atoms with Gasteiger partial charge in [0.2, 0.25) is 0 Å². The molecule has 208 valence electrons. The van der Waals surface area contributed by atoms with Crippen molar-refractivity contribution in [3.05, 3.63) is 72.3 Å². The number of carbonyl (C=O) groups is 1. The Kier molecular flexibility index (Phi) is 7.51. The molecule has 0 aromatic carbocycles. The minimum absolute atomic E-state index is 0.0308. The van der Waals surface area contributed by atoms with Gasteiger partial charge in [-0.25, -0.2) is 26.8 Å². The van der Waals surface area contributed by atoms with Crippen LogP contribution in [-0.2, 0) is 26.2 Å². The highest BCUT2D eigenvalue weighted by Gasteiger charge is 2.27. The Hall–Kier alpha value is -3.97. The number of aromatic nitrogens is 4. The highest BCUT2D eigenvalue weighted by atomic mass is 32.2. The maximum absolute atomic E-state index is 12.6. The lowest BCUT2D eigenvalue weighted by atomic mass is 10.1. The molecule has 0 atom stereocenters. The maximum Gasteiger partial charge on any atom is 0.253 e. The molecule has 0 unspecified atom stereocenters. The van der Waals surface area contributed by atoms with Crippen LogP contribution in [0.15, 0.2) is 66.0 Å². The van der Waals surface area contributed by atoms with Crippen molar-refractivity contribution in [1.82, 2.24) is 25.3 Å². The van der Waals surface area contributed by atoms with E-state index in [1.807, 2.05) is 30.3 Å². The molecule has 13 heteroatoms. The second kappa shape index (κ2) is 10.9. The lowest BCUT2D eigenvalue weighted by Crippen LogP contribution is -2.39. The fourth-order valence-electron chi connectivity index (χ4n) is 4.57. The smallest absolute Gasteiger partial charge is 0.253 e. The Morgan fingerprint density at radius 2 is 1.70 bits per heavy atom. The van der Waals surface area contributed by atoms with E-state index in [2.05, 4.69) is 20.2 Å². The molecule has 0 bridgehead atoms. The number of amides is 1. The maximum atomic E-state index is 12.6. The summed E-state index contributed by atoms with van der Waals surface area (Å²) in [4.78, 5) is 32.5. The highest BCUT2D eigenvalue weighted by Crippen LogP contribution is 2.25. The van der Waals surface area contributed by atoms with Gasteiger partial charge in [-0.15, -0.1) is 0 Å². The molecule has 0 spiro atoms. The summed E-state index contributed by atoms with van der Waals surface area (Å²) in [7, 11) is -6.53. The molecule has 1 aliphatic heterocycles. The van der Waals surface area contributed by atoms with Gasteiger partial charge in [0.1, 0.15) is 15.7 Å². The summed E-state index contributed by atoms with van der Waals surface area (Å²) in [6.45, 7) is 1.35. The first-order chi connectivity index (χ1) is 19.0. The van der Waals surface area contributed by atoms with Gasteiger partial charge >= 0.3 is 0 Å². The van der Waals surface area contributed by atoms with E-state index >= 15 is 0 Å². The van der Waals surface area contributed by atoms with E-state index in [0.29, 0.717) is 48.5 Å². The normalized spacial score (nSPS) is 14.8. The molecule has 4 aromatic heterocycles. The quantitative estimate of drug-likeness (QED) is 0.345. The number of hydrogen-bond acceptors (Lipinski definition) is 10. The summed E-state index contributed by atoms with van der Waals surface area (Å²) < 4.78 is 47.3. The molecule has 0 aliphatic carbocycles. The predicted molar refractivity (Wildman–Crippen MR) is 151 cm³/mol. The zero-order valence-corrected chi connectivity index (χ0v) is 23.6. The molecule has 11 nitrogen and oxygen atoms in total. The number of nitrogens with one attached hydrogen (secondary N) is 1. The number of anilines is 1. The summed E-state index contributed by atoms with van der Waals surface area (Å²) in [6, 6.07) is 12.5. The third-order valence-electron chi connectivity index (χ3n) is 6.83. The van der Waals surface area contributed by atoms with Gasteiger partial charge in [0.25, 0.3) is 5.91 Å². The van der Waals surface area contributed by atoms with Crippen molar-refractivity contribution in [2.24, 2.45) is 0 Å². The number of piperidine rings is 1. The second-order valence-electron chi connectivity index (χ2n) is 9.83. The summed E-state index contributed by atoms with van der Waals surface area (Å²) in [5, 5.41) is 3.25. The van der Waals surface area contributed by atoms with Crippen molar-refractivity contribution in [2.75, 3.05) is 30.5 Å². The third-order valence-corrected chi connectivity index (χ3v) is 9.59. The summed E-state index contributed by atoms with van der Waals surface area (Å²) in [5.41, 5.74) is 2.75. The van der Waals surface area contributed by atoms with Crippen LogP contribution in [0.25, 0.3) is 22.3 Å². The average molecular weight is 581 g/mol. The molecule has 1 fully saturated rings. The molecule has 5 heterocycles. The summed E-state index contributed by atoms with van der Waals surface area (Å²) >= 11 is 0. The van der Waals surface area contributed by atoms with Gasteiger partial charge in [-0.05, 0) is 49.2 Å². The van der Waals surface area contributed by atoms with E-state index in [1.165, 1.54) is 24.7 Å². The van der Waals surface area contributed by atoms with Crippen molar-refractivity contribution < 1.29 is 21.6 Å². The Labute approximate surface area is 232 Å². The van der Waals surface area contributed by atoms with Gasteiger partial charge in [-0.1, -0.05) is 6.07 Å². The van der Waals surface area contributed by atoms with Crippen molar-refractivity contribution in [1.29, 1.82) is 0 Å². The fourth-order valence-corrected chi connectivity index (χ4v) is 6.23. The Morgan fingerprint density at radius 3 is 2.42 bits per heavy atom. The number of nitrogens with zero attached hydrogens (tertiary/aromatic N) is 5. The predicted octanol–water partition coefficient (Wildman–Crippen LogP) is 2.43. The van der Waals surface area contributed by atoms with Crippen LogP contribution in [0.5, 0.6) is 0 Å². The van der Waals surface area contributed by atoms with Gasteiger partial charge in [0.15, 0.2) is 9.84 Å². The van der Waals surface area contributed by atoms with Gasteiger partial charge < -0.3 is 10.2 Å². The van der Waals surface area contributed by atoms with E-state index in [1.54, 1.807) is 12.3 Å². The first kappa shape index (κ1) is 27.6. The van der Waals surface area contributed by atoms with Crippen LogP contribution in [0.4, 0.5) is 5.82 Å². The fraction of sp³-hybridized carbons (Fsp3) is 0.296. The van der Waals surface area contributed by atoms with Crippen molar-refractivity contribution in [3.63, 3.8) is 0 Å². The van der Waals surface area contributed by atoms with E-state index in [9.17, 15) is 21.6 Å². The standard InChI is InChI=1S/C27H28N6O5S2/c1-39(35,36)21-8-10-33(11-9-21)26-5-3-4-23(32-26)24-7-6-18-15-29-20(13-25(18)31-24)16-30-27(34)19-12-22(17-28-14-19)40(2,37)38/h3-7,12-15,17,21H,8-11,16H2,1-2H3,(H,30,34). The van der Waals surface area contributed by atoms with Crippen LogP contribution < -0.4 is 10.2 Å². The molecule has 1 N–H and O–H groups in total. The van der Waals surface area contributed by atoms with E-state index in [0.717, 1.165) is 17.5 Å². The third kappa shape index (κ3) is 6.26. The molecule has 40 heavy (non-hydrogen) atoms. The topological polar surface area (TPSA) is 152 Å². The van der Waals surface area contributed by atoms with Gasteiger partial charge in [0.05, 0.1) is 44.9 Å². The molecule has 1 aliphatic rings. The molecule has 0 radical (unpaired) electrons. The molecule has 1 saturated heterocycles. The number of hydrogen-bond donors (Lipinski definition) is 1. The number of sulfone groups is 2. The Morgan fingerprint density at radius 1 is 0.950 bits per heavy atom. The van der Waals surface area contributed by atoms with Crippen LogP contribution in [0.2, 0.25) is 0 Å². The van der Waals surface area contributed by atoms with Crippen molar-refractivity contribution >= 4 is 42.3 Å². The average Bonchev–Trinajstić information content (AvgIpc) is 2.95. The largest absolute Gasteiger partial charge is 0.357 e. The van der Waals surface area contributed by atoms with Crippen molar-refractivity contribution in [3.8, 4) is 11.4 Å². The Bertz CT molecular complexity index is 1800. The highest BCUT2D eigenvalue weighted by molar-refractivity contribution is 7.91. The summed E-state index contributed by atoms with van der Waals surface area (Å²) in [6.07, 6.45) is 7.68. The minimum atomic E-state index is -3.49. The SMILES string of the molecule is CS(=O)(=O)c1cncc(C(=O)NCc2cc3nc(-c4cccc(N5CCC(S(C)(=O)=O)CC5)n4)ccc3cn2)c1. The van der Waals surface area contributed by atoms with Gasteiger partial charge in [-0.3, -0.25) is 14.8 Å². The molecular formula is C27H28N6O5S2. The van der Waals surface area contributed by atoms with Crippen LogP contribution in [0, 0.1) is 0 Å². The zero-order chi connectivity index (χ0) is 28.5. The van der Waals surface area contributed by atoms with Gasteiger partial charge in [0, 0.05) is 49.6 Å². The molecule has 1 amide bonds. The number of rotatable bonds is 7. The minimum Gasteiger partial charge on any atom is -0.357 e. The lowest BCUT2D eigenvalue weighted by Gasteiger charge is -2.32. The number of fused-ring (bicyclic) bond motifs is 1. The van der Waals surface area contributed by atoms with Crippen LogP contribution in [-0.4, -0.2) is 73.5 Å². The first-order valence-electron chi connectivity index (χ1n) is 12.6. The molecule has 4 aromatic rings. The van der Waals surface area contributed by atoms with Crippen LogP contribution in [0.1, 0.15) is 28.9 Å². The monoisotopic (exact) mass is 580 g/mol. The molecule has 5 rings (SSSR count). The van der Waals surface area contributed by atoms with Crippen molar-refractivity contribution in [2.45, 2.75) is 29.5 Å². The number of carbonyl (C=O) groups excluding carboxylic acids is 1. The summed E-state index contributed by atoms with van der Waals surface area (Å²) in [5.74, 6) is 0.308. The lowest BCUT2D eigenvalue weighted by molar-refractivity contribution is 0.0950. The first-order valence-corrected chi connectivity index (χ1v) is 16.4. The Balaban J connectivity index is 1.31.